The van der Waals surface area contributed by atoms with Gasteiger partial charge >= 0.3 is 0 Å². The van der Waals surface area contributed by atoms with Crippen LogP contribution in [-0.4, -0.2) is 15.5 Å². The second-order valence-electron chi connectivity index (χ2n) is 6.85. The van der Waals surface area contributed by atoms with Gasteiger partial charge in [0.1, 0.15) is 16.7 Å². The number of hydrogen-bond donors (Lipinski definition) is 1. The molecule has 0 radical (unpaired) electrons. The van der Waals surface area contributed by atoms with Crippen molar-refractivity contribution < 1.29 is 4.79 Å². The number of hydrogen-bond acceptors (Lipinski definition) is 4. The second kappa shape index (κ2) is 7.44. The summed E-state index contributed by atoms with van der Waals surface area (Å²) in [5.41, 5.74) is 7.12. The van der Waals surface area contributed by atoms with Gasteiger partial charge in [0.05, 0.1) is 5.39 Å². The van der Waals surface area contributed by atoms with E-state index in [1.807, 2.05) is 39.8 Å². The summed E-state index contributed by atoms with van der Waals surface area (Å²) < 4.78 is 1.49. The van der Waals surface area contributed by atoms with E-state index < -0.39 is 11.9 Å². The molecule has 0 aliphatic rings. The lowest BCUT2D eigenvalue weighted by Crippen LogP contribution is -2.36. The molecule has 2 N–H and O–H groups in total. The highest BCUT2D eigenvalue weighted by Gasteiger charge is 2.26. The minimum absolute atomic E-state index is 0.0168. The molecule has 0 saturated heterocycles. The number of thiophene rings is 1. The van der Waals surface area contributed by atoms with Crippen LogP contribution in [0.4, 0.5) is 0 Å². The lowest BCUT2D eigenvalue weighted by atomic mass is 10.0. The monoisotopic (exact) mass is 403 g/mol. The van der Waals surface area contributed by atoms with Gasteiger partial charge in [0.2, 0.25) is 5.91 Å². The summed E-state index contributed by atoms with van der Waals surface area (Å²) in [4.78, 5) is 32.0. The van der Waals surface area contributed by atoms with Crippen molar-refractivity contribution >= 4 is 39.1 Å². The van der Waals surface area contributed by atoms with E-state index in [-0.39, 0.29) is 11.5 Å². The lowest BCUT2D eigenvalue weighted by Gasteiger charge is -2.21. The molecular weight excluding hydrogens is 382 g/mol. The molecule has 27 heavy (non-hydrogen) atoms. The molecule has 0 spiro atoms. The number of amides is 1. The Balaban J connectivity index is 2.42. The first-order valence-corrected chi connectivity index (χ1v) is 10.1. The van der Waals surface area contributed by atoms with Crippen LogP contribution in [-0.2, 0) is 4.79 Å². The fourth-order valence-electron chi connectivity index (χ4n) is 3.37. The highest BCUT2D eigenvalue weighted by molar-refractivity contribution is 7.19. The summed E-state index contributed by atoms with van der Waals surface area (Å²) in [5.74, 6) is 0.0431. The number of primary amides is 1. The van der Waals surface area contributed by atoms with Crippen molar-refractivity contribution in [1.82, 2.24) is 9.55 Å². The van der Waals surface area contributed by atoms with E-state index in [4.69, 9.17) is 22.3 Å². The second-order valence-corrected chi connectivity index (χ2v) is 8.49. The van der Waals surface area contributed by atoms with E-state index in [2.05, 4.69) is 0 Å². The van der Waals surface area contributed by atoms with Crippen LogP contribution in [0.3, 0.4) is 0 Å². The molecule has 5 nitrogen and oxygen atoms in total. The Morgan fingerprint density at radius 3 is 2.44 bits per heavy atom. The zero-order chi connectivity index (χ0) is 19.9. The quantitative estimate of drug-likeness (QED) is 0.673. The van der Waals surface area contributed by atoms with Crippen molar-refractivity contribution in [2.45, 2.75) is 46.1 Å². The molecule has 0 saturated carbocycles. The molecule has 2 aromatic heterocycles. The summed E-state index contributed by atoms with van der Waals surface area (Å²) in [5, 5.41) is 1.16. The standard InChI is InChI=1S/C20H22ClN3O2S/c1-5-14(17(22)25)24-18(10(2)3)23-19-16(20(24)26)15(11(4)27-19)12-6-8-13(21)9-7-12/h6-10,14H,5H2,1-4H3,(H2,22,25). The number of carbonyl (C=O) groups is 1. The van der Waals surface area contributed by atoms with Crippen molar-refractivity contribution in [3.05, 3.63) is 50.3 Å². The molecule has 1 aromatic carbocycles. The molecule has 0 bridgehead atoms. The third kappa shape index (κ3) is 3.39. The molecule has 0 aliphatic heterocycles. The fraction of sp³-hybridized carbons (Fsp3) is 0.350. The van der Waals surface area contributed by atoms with Gasteiger partial charge in [-0.3, -0.25) is 14.2 Å². The summed E-state index contributed by atoms with van der Waals surface area (Å²) in [6, 6.07) is 6.66. The topological polar surface area (TPSA) is 78.0 Å². The molecule has 1 unspecified atom stereocenters. The normalized spacial score (nSPS) is 12.7. The van der Waals surface area contributed by atoms with Gasteiger partial charge in [-0.1, -0.05) is 44.5 Å². The molecule has 1 amide bonds. The predicted octanol–water partition coefficient (Wildman–Crippen LogP) is 4.65. The Labute approximate surface area is 166 Å². The smallest absolute Gasteiger partial charge is 0.263 e. The summed E-state index contributed by atoms with van der Waals surface area (Å²) in [6.45, 7) is 7.73. The zero-order valence-electron chi connectivity index (χ0n) is 15.7. The first kappa shape index (κ1) is 19.6. The highest BCUT2D eigenvalue weighted by Crippen LogP contribution is 2.37. The summed E-state index contributed by atoms with van der Waals surface area (Å²) in [7, 11) is 0. The number of nitrogens with zero attached hydrogens (tertiary/aromatic N) is 2. The fourth-order valence-corrected chi connectivity index (χ4v) is 4.54. The van der Waals surface area contributed by atoms with Crippen molar-refractivity contribution in [3.63, 3.8) is 0 Å². The Morgan fingerprint density at radius 1 is 1.30 bits per heavy atom. The van der Waals surface area contributed by atoms with Crippen molar-refractivity contribution in [2.75, 3.05) is 0 Å². The molecular formula is C20H22ClN3O2S. The molecule has 2 heterocycles. The molecule has 3 aromatic rings. The highest BCUT2D eigenvalue weighted by atomic mass is 35.5. The van der Waals surface area contributed by atoms with E-state index in [9.17, 15) is 9.59 Å². The van der Waals surface area contributed by atoms with Crippen molar-refractivity contribution in [1.29, 1.82) is 0 Å². The van der Waals surface area contributed by atoms with Gasteiger partial charge in [-0.25, -0.2) is 4.98 Å². The lowest BCUT2D eigenvalue weighted by molar-refractivity contribution is -0.121. The third-order valence-corrected chi connectivity index (χ3v) is 5.89. The number of nitrogens with two attached hydrogens (primary N) is 1. The van der Waals surface area contributed by atoms with Gasteiger partial charge in [0.15, 0.2) is 0 Å². The van der Waals surface area contributed by atoms with Crippen molar-refractivity contribution in [2.24, 2.45) is 5.73 Å². The number of halogens is 1. The number of fused-ring (bicyclic) bond motifs is 1. The predicted molar refractivity (Wildman–Crippen MR) is 112 cm³/mol. The number of carbonyl (C=O) groups excluding carboxylic acids is 1. The van der Waals surface area contributed by atoms with Crippen molar-refractivity contribution in [3.8, 4) is 11.1 Å². The van der Waals surface area contributed by atoms with E-state index in [0.29, 0.717) is 27.5 Å². The van der Waals surface area contributed by atoms with Crippen LogP contribution in [0.25, 0.3) is 21.3 Å². The van der Waals surface area contributed by atoms with Crippen LogP contribution in [0.2, 0.25) is 5.02 Å². The van der Waals surface area contributed by atoms with Gasteiger partial charge in [0.25, 0.3) is 5.56 Å². The number of rotatable bonds is 5. The van der Waals surface area contributed by atoms with E-state index in [1.165, 1.54) is 15.9 Å². The largest absolute Gasteiger partial charge is 0.368 e. The molecule has 142 valence electrons. The molecule has 3 rings (SSSR count). The Kier molecular flexibility index (Phi) is 5.40. The average Bonchev–Trinajstić information content (AvgIpc) is 2.94. The maximum absolute atomic E-state index is 13.5. The Hall–Kier alpha value is -2.18. The van der Waals surface area contributed by atoms with E-state index in [1.54, 1.807) is 12.1 Å². The molecule has 0 fully saturated rings. The number of aryl methyl sites for hydroxylation is 1. The Bertz CT molecular complexity index is 1070. The van der Waals surface area contributed by atoms with Gasteiger partial charge in [0, 0.05) is 21.4 Å². The summed E-state index contributed by atoms with van der Waals surface area (Å²) in [6.07, 6.45) is 0.432. The minimum atomic E-state index is -0.718. The van der Waals surface area contributed by atoms with E-state index in [0.717, 1.165) is 16.0 Å². The SMILES string of the molecule is CCC(C(N)=O)n1c(C(C)C)nc2sc(C)c(-c3ccc(Cl)cc3)c2c1=O. The number of benzene rings is 1. The van der Waals surface area contributed by atoms with Crippen LogP contribution < -0.4 is 11.3 Å². The number of aromatic nitrogens is 2. The van der Waals surface area contributed by atoms with Gasteiger partial charge in [-0.15, -0.1) is 11.3 Å². The molecule has 0 aliphatic carbocycles. The Morgan fingerprint density at radius 2 is 1.93 bits per heavy atom. The van der Waals surface area contributed by atoms with Crippen LogP contribution in [0.1, 0.15) is 49.9 Å². The van der Waals surface area contributed by atoms with Crippen LogP contribution in [0.5, 0.6) is 0 Å². The van der Waals surface area contributed by atoms with E-state index >= 15 is 0 Å². The maximum atomic E-state index is 13.5. The van der Waals surface area contributed by atoms with Crippen LogP contribution >= 0.6 is 22.9 Å². The van der Waals surface area contributed by atoms with Crippen LogP contribution in [0.15, 0.2) is 29.1 Å². The molecule has 7 heteroatoms. The first-order chi connectivity index (χ1) is 12.8. The minimum Gasteiger partial charge on any atom is -0.368 e. The van der Waals surface area contributed by atoms with Crippen LogP contribution in [0, 0.1) is 6.92 Å². The third-order valence-electron chi connectivity index (χ3n) is 4.64. The summed E-state index contributed by atoms with van der Waals surface area (Å²) >= 11 is 7.50. The van der Waals surface area contributed by atoms with Gasteiger partial charge in [-0.05, 0) is 31.0 Å². The zero-order valence-corrected chi connectivity index (χ0v) is 17.3. The van der Waals surface area contributed by atoms with Gasteiger partial charge < -0.3 is 5.73 Å². The average molecular weight is 404 g/mol. The molecule has 1 atom stereocenters. The maximum Gasteiger partial charge on any atom is 0.263 e. The van der Waals surface area contributed by atoms with Gasteiger partial charge in [-0.2, -0.15) is 0 Å². The first-order valence-electron chi connectivity index (χ1n) is 8.87.